The van der Waals surface area contributed by atoms with Crippen LogP contribution in [-0.2, 0) is 11.3 Å². The zero-order valence-corrected chi connectivity index (χ0v) is 14.2. The molecule has 0 amide bonds. The summed E-state index contributed by atoms with van der Waals surface area (Å²) in [5, 5.41) is 29.1. The van der Waals surface area contributed by atoms with Gasteiger partial charge in [-0.05, 0) is 5.56 Å². The molecule has 27 heavy (non-hydrogen) atoms. The highest BCUT2D eigenvalue weighted by Gasteiger charge is 2.44. The molecule has 0 spiro atoms. The van der Waals surface area contributed by atoms with E-state index in [9.17, 15) is 24.5 Å². The van der Waals surface area contributed by atoms with Crippen molar-refractivity contribution in [1.82, 2.24) is 9.55 Å². The van der Waals surface area contributed by atoms with Crippen molar-refractivity contribution >= 4 is 0 Å². The fourth-order valence-corrected chi connectivity index (χ4v) is 2.77. The summed E-state index contributed by atoms with van der Waals surface area (Å²) in [6, 6.07) is 7.34. The van der Waals surface area contributed by atoms with Crippen molar-refractivity contribution in [2.24, 2.45) is 5.73 Å². The van der Waals surface area contributed by atoms with E-state index in [0.29, 0.717) is 11.8 Å². The summed E-state index contributed by atoms with van der Waals surface area (Å²) in [7, 11) is 0. The number of nitrogens with zero attached hydrogens (tertiary/aromatic N) is 2. The number of rotatable bonds is 5. The summed E-state index contributed by atoms with van der Waals surface area (Å²) in [5.41, 5.74) is 5.57. The third-order valence-electron chi connectivity index (χ3n) is 4.30. The van der Waals surface area contributed by atoms with Crippen LogP contribution < -0.4 is 16.0 Å². The maximum atomic E-state index is 13.7. The number of aliphatic hydroxyl groups is 3. The van der Waals surface area contributed by atoms with Crippen LogP contribution in [0.3, 0.4) is 0 Å². The Bertz CT molecular complexity index is 831. The molecule has 0 bridgehead atoms. The molecule has 2 heterocycles. The molecule has 1 aromatic heterocycles. The summed E-state index contributed by atoms with van der Waals surface area (Å²) in [6.07, 6.45) is -4.59. The average molecular weight is 381 g/mol. The smallest absolute Gasteiger partial charge is 0.302 e. The average Bonchev–Trinajstić information content (AvgIpc) is 2.68. The molecule has 1 aliphatic heterocycles. The Morgan fingerprint density at radius 2 is 1.96 bits per heavy atom. The summed E-state index contributed by atoms with van der Waals surface area (Å²) in [4.78, 5) is 16.0. The highest BCUT2D eigenvalue weighted by molar-refractivity contribution is 5.17. The van der Waals surface area contributed by atoms with E-state index >= 15 is 0 Å². The van der Waals surface area contributed by atoms with Crippen molar-refractivity contribution in [2.75, 3.05) is 6.61 Å². The Morgan fingerprint density at radius 3 is 2.63 bits per heavy atom. The first-order valence-corrected chi connectivity index (χ1v) is 8.26. The molecule has 1 saturated heterocycles. The number of aliphatic hydroxyl groups excluding tert-OH is 3. The summed E-state index contributed by atoms with van der Waals surface area (Å²) in [6.45, 7) is -0.602. The molecule has 0 saturated carbocycles. The molecule has 1 fully saturated rings. The highest BCUT2D eigenvalue weighted by Crippen LogP contribution is 2.22. The number of aromatic nitrogens is 2. The van der Waals surface area contributed by atoms with Gasteiger partial charge in [-0.3, -0.25) is 9.36 Å². The molecule has 0 unspecified atom stereocenters. The minimum absolute atomic E-state index is 0.0175. The predicted molar refractivity (Wildman–Crippen MR) is 90.4 cm³/mol. The molecule has 0 radical (unpaired) electrons. The Morgan fingerprint density at radius 1 is 1.26 bits per heavy atom. The fourth-order valence-electron chi connectivity index (χ4n) is 2.77. The van der Waals surface area contributed by atoms with Gasteiger partial charge in [-0.1, -0.05) is 30.3 Å². The van der Waals surface area contributed by atoms with Crippen LogP contribution in [0.2, 0.25) is 0 Å². The van der Waals surface area contributed by atoms with Crippen molar-refractivity contribution in [3.8, 4) is 6.01 Å². The van der Waals surface area contributed by atoms with Gasteiger partial charge in [0.15, 0.2) is 0 Å². The van der Waals surface area contributed by atoms with E-state index in [1.54, 1.807) is 30.3 Å². The lowest BCUT2D eigenvalue weighted by Gasteiger charge is -2.40. The molecular formula is C17H20FN3O6. The Kier molecular flexibility index (Phi) is 5.82. The van der Waals surface area contributed by atoms with Crippen LogP contribution in [0.15, 0.2) is 41.3 Å². The standard InChI is InChI=1S/C17H20FN3O6/c18-10-6-20-17(21(15(10)25)7-9-4-2-1-3-5-9)27-16-12(19)14(24)13(23)11(8-22)26-16/h1-6,11-14,16,22-24H,7-8,19H2/t11-,12-,13-,14-,16+/m1/s1. The van der Waals surface area contributed by atoms with Crippen LogP contribution in [0.5, 0.6) is 6.01 Å². The van der Waals surface area contributed by atoms with Crippen LogP contribution in [0.4, 0.5) is 4.39 Å². The van der Waals surface area contributed by atoms with E-state index in [0.717, 1.165) is 4.57 Å². The summed E-state index contributed by atoms with van der Waals surface area (Å²) >= 11 is 0. The molecular weight excluding hydrogens is 361 g/mol. The first kappa shape index (κ1) is 19.4. The zero-order valence-electron chi connectivity index (χ0n) is 14.2. The van der Waals surface area contributed by atoms with Crippen LogP contribution in [0.1, 0.15) is 5.56 Å². The van der Waals surface area contributed by atoms with Crippen LogP contribution in [0.25, 0.3) is 0 Å². The number of benzene rings is 1. The van der Waals surface area contributed by atoms with Gasteiger partial charge in [0.1, 0.15) is 18.3 Å². The minimum atomic E-state index is -1.43. The van der Waals surface area contributed by atoms with Gasteiger partial charge in [-0.15, -0.1) is 0 Å². The molecule has 5 atom stereocenters. The first-order chi connectivity index (χ1) is 12.9. The molecule has 9 nitrogen and oxygen atoms in total. The van der Waals surface area contributed by atoms with E-state index in [1.165, 1.54) is 0 Å². The maximum Gasteiger partial charge on any atom is 0.302 e. The predicted octanol–water partition coefficient (Wildman–Crippen LogP) is -1.42. The Balaban J connectivity index is 1.90. The van der Waals surface area contributed by atoms with Crippen LogP contribution in [-0.4, -0.2) is 62.1 Å². The number of hydrogen-bond acceptors (Lipinski definition) is 8. The van der Waals surface area contributed by atoms with Gasteiger partial charge >= 0.3 is 6.01 Å². The van der Waals surface area contributed by atoms with Gasteiger partial charge in [0.05, 0.1) is 25.4 Å². The molecule has 3 rings (SSSR count). The van der Waals surface area contributed by atoms with E-state index < -0.39 is 48.6 Å². The Labute approximate surface area is 153 Å². The number of nitrogens with two attached hydrogens (primary N) is 1. The fraction of sp³-hybridized carbons (Fsp3) is 0.412. The van der Waals surface area contributed by atoms with Gasteiger partial charge < -0.3 is 30.5 Å². The lowest BCUT2D eigenvalue weighted by Crippen LogP contribution is -2.63. The topological polar surface area (TPSA) is 140 Å². The largest absolute Gasteiger partial charge is 0.433 e. The second-order valence-corrected chi connectivity index (χ2v) is 6.17. The normalized spacial score (nSPS) is 28.1. The second-order valence-electron chi connectivity index (χ2n) is 6.17. The van der Waals surface area contributed by atoms with Crippen molar-refractivity contribution in [1.29, 1.82) is 0 Å². The Hall–Kier alpha value is -2.37. The lowest BCUT2D eigenvalue weighted by atomic mass is 9.98. The zero-order chi connectivity index (χ0) is 19.6. The van der Waals surface area contributed by atoms with Gasteiger partial charge in [0.2, 0.25) is 12.1 Å². The monoisotopic (exact) mass is 381 g/mol. The molecule has 1 aromatic carbocycles. The summed E-state index contributed by atoms with van der Waals surface area (Å²) < 4.78 is 25.6. The second kappa shape index (κ2) is 8.11. The van der Waals surface area contributed by atoms with Gasteiger partial charge in [0, 0.05) is 0 Å². The third-order valence-corrected chi connectivity index (χ3v) is 4.30. The molecule has 1 aliphatic rings. The third kappa shape index (κ3) is 3.99. The van der Waals surface area contributed by atoms with Gasteiger partial charge in [-0.2, -0.15) is 4.39 Å². The molecule has 0 aliphatic carbocycles. The number of halogens is 1. The van der Waals surface area contributed by atoms with Gasteiger partial charge in [0.25, 0.3) is 5.56 Å². The summed E-state index contributed by atoms with van der Waals surface area (Å²) in [5.74, 6) is -1.06. The van der Waals surface area contributed by atoms with E-state index in [-0.39, 0.29) is 12.6 Å². The van der Waals surface area contributed by atoms with Crippen LogP contribution >= 0.6 is 0 Å². The van der Waals surface area contributed by atoms with Gasteiger partial charge in [-0.25, -0.2) is 4.98 Å². The molecule has 5 N–H and O–H groups in total. The number of ether oxygens (including phenoxy) is 2. The highest BCUT2D eigenvalue weighted by atomic mass is 19.1. The molecule has 2 aromatic rings. The lowest BCUT2D eigenvalue weighted by molar-refractivity contribution is -0.241. The molecule has 146 valence electrons. The van der Waals surface area contributed by atoms with E-state index in [2.05, 4.69) is 4.98 Å². The van der Waals surface area contributed by atoms with E-state index in [1.807, 2.05) is 0 Å². The maximum absolute atomic E-state index is 13.7. The SMILES string of the molecule is N[C@H]1[C@H](Oc2ncc(F)c(=O)n2Cc2ccccc2)O[C@H](CO)[C@@H](O)[C@@H]1O. The van der Waals surface area contributed by atoms with Crippen LogP contribution in [0, 0.1) is 5.82 Å². The van der Waals surface area contributed by atoms with Crippen molar-refractivity contribution < 1.29 is 29.2 Å². The molecule has 10 heteroatoms. The van der Waals surface area contributed by atoms with E-state index in [4.69, 9.17) is 15.2 Å². The van der Waals surface area contributed by atoms with Crippen molar-refractivity contribution in [3.63, 3.8) is 0 Å². The first-order valence-electron chi connectivity index (χ1n) is 8.26. The number of hydrogen-bond donors (Lipinski definition) is 4. The quantitative estimate of drug-likeness (QED) is 0.495. The van der Waals surface area contributed by atoms with Crippen molar-refractivity contribution in [2.45, 2.75) is 37.2 Å². The minimum Gasteiger partial charge on any atom is -0.433 e. The van der Waals surface area contributed by atoms with Crippen molar-refractivity contribution in [3.05, 3.63) is 58.3 Å².